The van der Waals surface area contributed by atoms with Crippen LogP contribution < -0.4 is 10.1 Å². The van der Waals surface area contributed by atoms with Gasteiger partial charge in [-0.25, -0.2) is 0 Å². The lowest BCUT2D eigenvalue weighted by molar-refractivity contribution is -0.124. The van der Waals surface area contributed by atoms with Gasteiger partial charge in [0, 0.05) is 6.42 Å². The monoisotopic (exact) mass is 311 g/mol. The minimum Gasteiger partial charge on any atom is -0.484 e. The zero-order valence-electron chi connectivity index (χ0n) is 13.4. The van der Waals surface area contributed by atoms with Crippen molar-refractivity contribution in [1.29, 1.82) is 0 Å². The molecular formula is C19H21NO3. The van der Waals surface area contributed by atoms with E-state index < -0.39 is 6.10 Å². The van der Waals surface area contributed by atoms with Crippen molar-refractivity contribution in [3.8, 4) is 5.75 Å². The maximum atomic E-state index is 12.1. The predicted molar refractivity (Wildman–Crippen MR) is 88.4 cm³/mol. The van der Waals surface area contributed by atoms with E-state index >= 15 is 0 Å². The number of nitrogens with one attached hydrogen (secondary N) is 1. The van der Waals surface area contributed by atoms with Crippen molar-refractivity contribution in [2.75, 3.05) is 6.61 Å². The van der Waals surface area contributed by atoms with E-state index in [4.69, 9.17) is 4.74 Å². The summed E-state index contributed by atoms with van der Waals surface area (Å²) < 4.78 is 5.54. The average molecular weight is 311 g/mol. The van der Waals surface area contributed by atoms with E-state index in [-0.39, 0.29) is 18.6 Å². The Labute approximate surface area is 136 Å². The third-order valence-corrected chi connectivity index (χ3v) is 4.37. The molecule has 4 heteroatoms. The van der Waals surface area contributed by atoms with Gasteiger partial charge in [-0.2, -0.15) is 0 Å². The maximum absolute atomic E-state index is 12.1. The lowest BCUT2D eigenvalue weighted by Gasteiger charge is -2.18. The quantitative estimate of drug-likeness (QED) is 0.912. The first-order valence-electron chi connectivity index (χ1n) is 7.80. The normalized spacial score (nSPS) is 19.3. The Hall–Kier alpha value is -2.33. The van der Waals surface area contributed by atoms with E-state index in [2.05, 4.69) is 5.32 Å². The van der Waals surface area contributed by atoms with Gasteiger partial charge in [0.1, 0.15) is 5.75 Å². The molecule has 0 saturated carbocycles. The Kier molecular flexibility index (Phi) is 4.35. The summed E-state index contributed by atoms with van der Waals surface area (Å²) in [5, 5.41) is 13.0. The largest absolute Gasteiger partial charge is 0.484 e. The van der Waals surface area contributed by atoms with E-state index in [1.807, 2.05) is 56.3 Å². The number of hydrogen-bond acceptors (Lipinski definition) is 3. The van der Waals surface area contributed by atoms with Crippen LogP contribution in [0.2, 0.25) is 0 Å². The summed E-state index contributed by atoms with van der Waals surface area (Å²) in [4.78, 5) is 12.1. The molecule has 0 spiro atoms. The number of rotatable bonds is 4. The molecule has 0 heterocycles. The van der Waals surface area contributed by atoms with Crippen LogP contribution in [0.4, 0.5) is 0 Å². The van der Waals surface area contributed by atoms with Gasteiger partial charge in [0.15, 0.2) is 6.61 Å². The van der Waals surface area contributed by atoms with E-state index in [1.165, 1.54) is 5.56 Å². The van der Waals surface area contributed by atoms with E-state index in [0.29, 0.717) is 12.2 Å². The topological polar surface area (TPSA) is 58.6 Å². The van der Waals surface area contributed by atoms with Crippen molar-refractivity contribution in [2.45, 2.75) is 32.4 Å². The van der Waals surface area contributed by atoms with Gasteiger partial charge in [0.05, 0.1) is 12.1 Å². The minimum atomic E-state index is -0.585. The van der Waals surface area contributed by atoms with Crippen molar-refractivity contribution in [2.24, 2.45) is 0 Å². The highest BCUT2D eigenvalue weighted by Gasteiger charge is 2.31. The van der Waals surface area contributed by atoms with Crippen LogP contribution >= 0.6 is 0 Å². The van der Waals surface area contributed by atoms with Crippen LogP contribution in [-0.4, -0.2) is 23.7 Å². The third kappa shape index (κ3) is 3.37. The Balaban J connectivity index is 1.60. The molecule has 0 fully saturated rings. The molecule has 0 aliphatic heterocycles. The van der Waals surface area contributed by atoms with Gasteiger partial charge in [0.2, 0.25) is 0 Å². The Morgan fingerprint density at radius 2 is 2.00 bits per heavy atom. The first kappa shape index (κ1) is 15.6. The molecule has 23 heavy (non-hydrogen) atoms. The molecule has 0 radical (unpaired) electrons. The Morgan fingerprint density at radius 3 is 2.78 bits per heavy atom. The number of aliphatic hydroxyl groups excluding tert-OH is 1. The molecule has 2 N–H and O–H groups in total. The summed E-state index contributed by atoms with van der Waals surface area (Å²) in [5.74, 6) is 0.444. The smallest absolute Gasteiger partial charge is 0.258 e. The summed E-state index contributed by atoms with van der Waals surface area (Å²) in [6, 6.07) is 13.2. The van der Waals surface area contributed by atoms with E-state index in [1.54, 1.807) is 0 Å². The molecule has 120 valence electrons. The molecule has 2 aromatic carbocycles. The number of aryl methyl sites for hydroxylation is 2. The molecule has 3 rings (SSSR count). The summed E-state index contributed by atoms with van der Waals surface area (Å²) >= 11 is 0. The van der Waals surface area contributed by atoms with Gasteiger partial charge in [0.25, 0.3) is 5.91 Å². The number of benzene rings is 2. The van der Waals surface area contributed by atoms with Crippen LogP contribution in [0.25, 0.3) is 0 Å². The molecular weight excluding hydrogens is 290 g/mol. The van der Waals surface area contributed by atoms with Crippen LogP contribution in [0.1, 0.15) is 28.3 Å². The van der Waals surface area contributed by atoms with Gasteiger partial charge in [-0.1, -0.05) is 30.3 Å². The highest BCUT2D eigenvalue weighted by molar-refractivity contribution is 5.78. The van der Waals surface area contributed by atoms with Crippen LogP contribution in [0, 0.1) is 13.8 Å². The highest BCUT2D eigenvalue weighted by atomic mass is 16.5. The second-order valence-electron chi connectivity index (χ2n) is 6.05. The summed E-state index contributed by atoms with van der Waals surface area (Å²) in [6.07, 6.45) is -0.0166. The van der Waals surface area contributed by atoms with Crippen molar-refractivity contribution < 1.29 is 14.6 Å². The molecule has 0 saturated heterocycles. The number of aliphatic hydroxyl groups is 1. The van der Waals surface area contributed by atoms with Crippen LogP contribution in [0.5, 0.6) is 5.75 Å². The van der Waals surface area contributed by atoms with Gasteiger partial charge in [-0.3, -0.25) is 4.79 Å². The number of amides is 1. The molecule has 0 aromatic heterocycles. The molecule has 2 atom stereocenters. The molecule has 1 aliphatic rings. The fourth-order valence-corrected chi connectivity index (χ4v) is 2.92. The van der Waals surface area contributed by atoms with Gasteiger partial charge in [-0.15, -0.1) is 0 Å². The second kappa shape index (κ2) is 6.42. The first-order valence-corrected chi connectivity index (χ1v) is 7.80. The molecule has 2 aromatic rings. The zero-order valence-corrected chi connectivity index (χ0v) is 13.4. The molecule has 0 unspecified atom stereocenters. The SMILES string of the molecule is Cc1ccc(OCC(=O)N[C@@H]2c3ccccc3C[C@@H]2O)cc1C. The fraction of sp³-hybridized carbons (Fsp3) is 0.316. The van der Waals surface area contributed by atoms with Crippen LogP contribution in [-0.2, 0) is 11.2 Å². The predicted octanol–water partition coefficient (Wildman–Crippen LogP) is 2.46. The molecule has 0 bridgehead atoms. The number of fused-ring (bicyclic) bond motifs is 1. The maximum Gasteiger partial charge on any atom is 0.258 e. The van der Waals surface area contributed by atoms with Crippen LogP contribution in [0.3, 0.4) is 0 Å². The molecule has 1 aliphatic carbocycles. The number of carbonyl (C=O) groups is 1. The lowest BCUT2D eigenvalue weighted by Crippen LogP contribution is -2.36. The first-order chi connectivity index (χ1) is 11.0. The van der Waals surface area contributed by atoms with E-state index in [0.717, 1.165) is 16.7 Å². The summed E-state index contributed by atoms with van der Waals surface area (Å²) in [6.45, 7) is 3.98. The van der Waals surface area contributed by atoms with Crippen molar-refractivity contribution in [3.05, 3.63) is 64.7 Å². The number of hydrogen-bond donors (Lipinski definition) is 2. The Morgan fingerprint density at radius 1 is 1.22 bits per heavy atom. The van der Waals surface area contributed by atoms with Gasteiger partial charge < -0.3 is 15.2 Å². The molecule has 1 amide bonds. The third-order valence-electron chi connectivity index (χ3n) is 4.37. The van der Waals surface area contributed by atoms with Crippen LogP contribution in [0.15, 0.2) is 42.5 Å². The number of carbonyl (C=O) groups excluding carboxylic acids is 1. The number of ether oxygens (including phenoxy) is 1. The van der Waals surface area contributed by atoms with Gasteiger partial charge >= 0.3 is 0 Å². The highest BCUT2D eigenvalue weighted by Crippen LogP contribution is 2.31. The zero-order chi connectivity index (χ0) is 16.4. The van der Waals surface area contributed by atoms with Crippen molar-refractivity contribution in [1.82, 2.24) is 5.32 Å². The standard InChI is InChI=1S/C19H21NO3/c1-12-7-8-15(9-13(12)2)23-11-18(22)20-19-16-6-4-3-5-14(16)10-17(19)21/h3-9,17,19,21H,10-11H2,1-2H3,(H,20,22)/t17-,19+/m0/s1. The molecule has 4 nitrogen and oxygen atoms in total. The van der Waals surface area contributed by atoms with E-state index in [9.17, 15) is 9.90 Å². The average Bonchev–Trinajstić information content (AvgIpc) is 2.84. The second-order valence-corrected chi connectivity index (χ2v) is 6.05. The van der Waals surface area contributed by atoms with Crippen molar-refractivity contribution >= 4 is 5.91 Å². The fourth-order valence-electron chi connectivity index (χ4n) is 2.92. The summed E-state index contributed by atoms with van der Waals surface area (Å²) in [7, 11) is 0. The minimum absolute atomic E-state index is 0.0616. The van der Waals surface area contributed by atoms with Crippen molar-refractivity contribution in [3.63, 3.8) is 0 Å². The van der Waals surface area contributed by atoms with Gasteiger partial charge in [-0.05, 0) is 48.2 Å². The lowest BCUT2D eigenvalue weighted by atomic mass is 10.1. The Bertz CT molecular complexity index is 726. The summed E-state index contributed by atoms with van der Waals surface area (Å²) in [5.41, 5.74) is 4.38.